The standard InChI is InChI=1S/C23H30N4O6/c1-12(29)15-8-18(25-9-15)23(33)27-10-14-3-2-4-16(14)20(27)22(32)26-17(19(30)11-28)7-13-5-6-24-21(13)31/h8-9,13-14,16-17,20,25,28H,2-7,10-11H2,1H3,(H,24,31)(H,26,32). The molecule has 1 saturated carbocycles. The van der Waals surface area contributed by atoms with Crippen molar-refractivity contribution in [2.75, 3.05) is 19.7 Å². The highest BCUT2D eigenvalue weighted by Gasteiger charge is 2.50. The van der Waals surface area contributed by atoms with Gasteiger partial charge in [-0.3, -0.25) is 24.0 Å². The van der Waals surface area contributed by atoms with Crippen molar-refractivity contribution in [2.45, 2.75) is 51.1 Å². The number of aliphatic hydroxyl groups excluding tert-OH is 1. The van der Waals surface area contributed by atoms with Crippen LogP contribution in [-0.4, -0.2) is 76.1 Å². The predicted molar refractivity (Wildman–Crippen MR) is 116 cm³/mol. The number of likely N-dealkylation sites (tertiary alicyclic amines) is 1. The number of ketones is 2. The third kappa shape index (κ3) is 4.57. The maximum Gasteiger partial charge on any atom is 0.270 e. The number of hydrogen-bond donors (Lipinski definition) is 4. The molecule has 1 aromatic heterocycles. The summed E-state index contributed by atoms with van der Waals surface area (Å²) in [7, 11) is 0. The Morgan fingerprint density at radius 3 is 2.67 bits per heavy atom. The summed E-state index contributed by atoms with van der Waals surface area (Å²) in [5.41, 5.74) is 0.630. The maximum atomic E-state index is 13.4. The Labute approximate surface area is 191 Å². The average molecular weight is 459 g/mol. The molecule has 3 fully saturated rings. The Hall–Kier alpha value is -3.01. The number of Topliss-reactive ketones (excluding diaryl/α,β-unsaturated/α-hetero) is 2. The van der Waals surface area contributed by atoms with E-state index in [1.54, 1.807) is 0 Å². The second kappa shape index (κ2) is 9.46. The summed E-state index contributed by atoms with van der Waals surface area (Å²) in [4.78, 5) is 67.0. The summed E-state index contributed by atoms with van der Waals surface area (Å²) >= 11 is 0. The number of H-pyrrole nitrogens is 1. The zero-order valence-corrected chi connectivity index (χ0v) is 18.6. The van der Waals surface area contributed by atoms with E-state index in [0.717, 1.165) is 19.3 Å². The molecule has 4 rings (SSSR count). The second-order valence-corrected chi connectivity index (χ2v) is 9.31. The van der Waals surface area contributed by atoms with Crippen molar-refractivity contribution in [3.8, 4) is 0 Å². The minimum Gasteiger partial charge on any atom is -0.389 e. The Morgan fingerprint density at radius 2 is 2.03 bits per heavy atom. The molecule has 178 valence electrons. The Bertz CT molecular complexity index is 972. The van der Waals surface area contributed by atoms with Crippen LogP contribution < -0.4 is 10.6 Å². The summed E-state index contributed by atoms with van der Waals surface area (Å²) in [5, 5.41) is 14.9. The summed E-state index contributed by atoms with van der Waals surface area (Å²) < 4.78 is 0. The third-order valence-electron chi connectivity index (χ3n) is 7.28. The normalized spacial score (nSPS) is 27.2. The number of aliphatic hydroxyl groups is 1. The van der Waals surface area contributed by atoms with Gasteiger partial charge in [0, 0.05) is 30.8 Å². The van der Waals surface area contributed by atoms with Gasteiger partial charge in [0.2, 0.25) is 11.8 Å². The highest BCUT2D eigenvalue weighted by molar-refractivity contribution is 6.01. The number of fused-ring (bicyclic) bond motifs is 1. The van der Waals surface area contributed by atoms with Gasteiger partial charge in [0.1, 0.15) is 18.3 Å². The van der Waals surface area contributed by atoms with Crippen LogP contribution in [0.5, 0.6) is 0 Å². The highest BCUT2D eigenvalue weighted by atomic mass is 16.3. The zero-order chi connectivity index (χ0) is 23.7. The number of aromatic amines is 1. The van der Waals surface area contributed by atoms with Crippen LogP contribution in [-0.2, 0) is 14.4 Å². The first-order valence-electron chi connectivity index (χ1n) is 11.5. The van der Waals surface area contributed by atoms with Gasteiger partial charge in [-0.1, -0.05) is 6.42 Å². The van der Waals surface area contributed by atoms with Gasteiger partial charge in [0.05, 0.1) is 6.04 Å². The smallest absolute Gasteiger partial charge is 0.270 e. The fourth-order valence-electron chi connectivity index (χ4n) is 5.52. The van der Waals surface area contributed by atoms with Crippen LogP contribution in [0.3, 0.4) is 0 Å². The van der Waals surface area contributed by atoms with Gasteiger partial charge in [-0.05, 0) is 50.5 Å². The van der Waals surface area contributed by atoms with E-state index >= 15 is 0 Å². The molecule has 3 heterocycles. The molecule has 33 heavy (non-hydrogen) atoms. The second-order valence-electron chi connectivity index (χ2n) is 9.31. The summed E-state index contributed by atoms with van der Waals surface area (Å²) in [5.74, 6) is -1.93. The van der Waals surface area contributed by atoms with Crippen molar-refractivity contribution in [2.24, 2.45) is 17.8 Å². The van der Waals surface area contributed by atoms with Gasteiger partial charge in [-0.25, -0.2) is 0 Å². The monoisotopic (exact) mass is 458 g/mol. The number of aromatic nitrogens is 1. The first kappa shape index (κ1) is 23.2. The van der Waals surface area contributed by atoms with Crippen molar-refractivity contribution in [3.05, 3.63) is 23.5 Å². The van der Waals surface area contributed by atoms with Gasteiger partial charge in [0.15, 0.2) is 11.6 Å². The van der Waals surface area contributed by atoms with Crippen molar-refractivity contribution in [1.82, 2.24) is 20.5 Å². The number of hydrogen-bond acceptors (Lipinski definition) is 6. The SMILES string of the molecule is CC(=O)c1c[nH]c(C(=O)N2CC3CCCC3C2C(=O)NC(CC2CCNC2=O)C(=O)CO)c1. The first-order valence-corrected chi connectivity index (χ1v) is 11.5. The number of nitrogens with zero attached hydrogens (tertiary/aromatic N) is 1. The van der Waals surface area contributed by atoms with E-state index in [1.807, 2.05) is 0 Å². The molecule has 3 aliphatic rings. The molecule has 0 bridgehead atoms. The zero-order valence-electron chi connectivity index (χ0n) is 18.6. The summed E-state index contributed by atoms with van der Waals surface area (Å²) in [6, 6.07) is -0.256. The van der Waals surface area contributed by atoms with Crippen LogP contribution in [0.2, 0.25) is 0 Å². The molecule has 0 aromatic carbocycles. The van der Waals surface area contributed by atoms with Crippen LogP contribution in [0.25, 0.3) is 0 Å². The van der Waals surface area contributed by atoms with E-state index in [9.17, 15) is 29.1 Å². The van der Waals surface area contributed by atoms with E-state index in [4.69, 9.17) is 0 Å². The molecule has 2 saturated heterocycles. The largest absolute Gasteiger partial charge is 0.389 e. The Balaban J connectivity index is 1.54. The quantitative estimate of drug-likeness (QED) is 0.404. The lowest BCUT2D eigenvalue weighted by molar-refractivity contribution is -0.133. The first-order chi connectivity index (χ1) is 15.8. The molecule has 5 unspecified atom stereocenters. The van der Waals surface area contributed by atoms with Crippen molar-refractivity contribution in [3.63, 3.8) is 0 Å². The van der Waals surface area contributed by atoms with Crippen molar-refractivity contribution in [1.29, 1.82) is 0 Å². The molecule has 0 spiro atoms. The minimum absolute atomic E-state index is 0.0177. The van der Waals surface area contributed by atoms with Crippen LogP contribution in [0.1, 0.15) is 59.9 Å². The topological polar surface area (TPSA) is 149 Å². The van der Waals surface area contributed by atoms with Crippen LogP contribution in [0.15, 0.2) is 12.3 Å². The molecule has 1 aliphatic carbocycles. The maximum absolute atomic E-state index is 13.4. The molecule has 5 atom stereocenters. The van der Waals surface area contributed by atoms with E-state index in [0.29, 0.717) is 25.1 Å². The van der Waals surface area contributed by atoms with Crippen LogP contribution in [0, 0.1) is 17.8 Å². The number of carbonyl (C=O) groups is 5. The molecular formula is C23H30N4O6. The number of amides is 3. The predicted octanol–water partition coefficient (Wildman–Crippen LogP) is 0.0304. The average Bonchev–Trinajstić information content (AvgIpc) is 3.56. The Kier molecular flexibility index (Phi) is 6.64. The van der Waals surface area contributed by atoms with Gasteiger partial charge >= 0.3 is 0 Å². The van der Waals surface area contributed by atoms with E-state index in [2.05, 4.69) is 15.6 Å². The lowest BCUT2D eigenvalue weighted by Gasteiger charge is -2.29. The van der Waals surface area contributed by atoms with Gasteiger partial charge in [-0.2, -0.15) is 0 Å². The fourth-order valence-corrected chi connectivity index (χ4v) is 5.52. The molecule has 2 aliphatic heterocycles. The van der Waals surface area contributed by atoms with E-state index in [-0.39, 0.29) is 41.5 Å². The summed E-state index contributed by atoms with van der Waals surface area (Å²) in [6.07, 6.45) is 4.85. The molecule has 10 nitrogen and oxygen atoms in total. The van der Waals surface area contributed by atoms with E-state index < -0.39 is 36.3 Å². The van der Waals surface area contributed by atoms with Gasteiger partial charge in [0.25, 0.3) is 5.91 Å². The Morgan fingerprint density at radius 1 is 1.24 bits per heavy atom. The number of nitrogens with one attached hydrogen (secondary N) is 3. The summed E-state index contributed by atoms with van der Waals surface area (Å²) in [6.45, 7) is 1.62. The molecule has 10 heteroatoms. The molecule has 3 amide bonds. The highest BCUT2D eigenvalue weighted by Crippen LogP contribution is 2.42. The number of rotatable bonds is 8. The van der Waals surface area contributed by atoms with Crippen molar-refractivity contribution >= 4 is 29.3 Å². The number of carbonyl (C=O) groups excluding carboxylic acids is 5. The fraction of sp³-hybridized carbons (Fsp3) is 0.609. The van der Waals surface area contributed by atoms with Gasteiger partial charge < -0.3 is 25.6 Å². The van der Waals surface area contributed by atoms with Crippen LogP contribution in [0.4, 0.5) is 0 Å². The molecular weight excluding hydrogens is 428 g/mol. The van der Waals surface area contributed by atoms with Crippen LogP contribution >= 0.6 is 0 Å². The minimum atomic E-state index is -0.997. The molecule has 0 radical (unpaired) electrons. The third-order valence-corrected chi connectivity index (χ3v) is 7.28. The lowest BCUT2D eigenvalue weighted by Crippen LogP contribution is -2.53. The molecule has 1 aromatic rings. The van der Waals surface area contributed by atoms with E-state index in [1.165, 1.54) is 24.1 Å². The van der Waals surface area contributed by atoms with Gasteiger partial charge in [-0.15, -0.1) is 0 Å². The van der Waals surface area contributed by atoms with Crippen molar-refractivity contribution < 1.29 is 29.1 Å². The lowest BCUT2D eigenvalue weighted by atomic mass is 9.92. The molecule has 4 N–H and O–H groups in total.